The number of methoxy groups -OCH3 is 2. The molecule has 0 radical (unpaired) electrons. The van der Waals surface area contributed by atoms with E-state index in [0.29, 0.717) is 5.56 Å². The van der Waals surface area contributed by atoms with E-state index in [4.69, 9.17) is 14.2 Å². The fourth-order valence-electron chi connectivity index (χ4n) is 2.34. The lowest BCUT2D eigenvalue weighted by molar-refractivity contribution is -0.183. The number of benzene rings is 1. The molecule has 0 unspecified atom stereocenters. The second-order valence-corrected chi connectivity index (χ2v) is 4.64. The highest BCUT2D eigenvalue weighted by Crippen LogP contribution is 2.39. The van der Waals surface area contributed by atoms with Crippen LogP contribution in [0.5, 0.6) is 0 Å². The monoisotopic (exact) mass is 308 g/mol. The van der Waals surface area contributed by atoms with Gasteiger partial charge in [-0.3, -0.25) is 14.4 Å². The molecule has 1 aromatic rings. The van der Waals surface area contributed by atoms with Crippen molar-refractivity contribution in [3.05, 3.63) is 35.9 Å². The first kappa shape index (κ1) is 17.7. The Morgan fingerprint density at radius 3 is 1.91 bits per heavy atom. The summed E-state index contributed by atoms with van der Waals surface area (Å²) < 4.78 is 14.4. The third-order valence-corrected chi connectivity index (χ3v) is 3.56. The molecule has 120 valence electrons. The van der Waals surface area contributed by atoms with Gasteiger partial charge in [0.15, 0.2) is 0 Å². The molecule has 0 saturated carbocycles. The molecular formula is C16H20O6. The SMILES string of the molecule is CCOC(=O)C(C(=O)OC)(C(=O)OC)[C@H](C)c1ccccc1. The maximum atomic E-state index is 12.5. The quantitative estimate of drug-likeness (QED) is 0.452. The molecule has 0 N–H and O–H groups in total. The van der Waals surface area contributed by atoms with Crippen LogP contribution in [0.1, 0.15) is 25.3 Å². The number of ether oxygens (including phenoxy) is 3. The fraction of sp³-hybridized carbons (Fsp3) is 0.438. The first-order valence-electron chi connectivity index (χ1n) is 6.85. The minimum absolute atomic E-state index is 0.0239. The highest BCUT2D eigenvalue weighted by Gasteiger charge is 2.61. The maximum absolute atomic E-state index is 12.5. The summed E-state index contributed by atoms with van der Waals surface area (Å²) in [4.78, 5) is 37.1. The number of rotatable bonds is 6. The summed E-state index contributed by atoms with van der Waals surface area (Å²) in [7, 11) is 2.22. The summed E-state index contributed by atoms with van der Waals surface area (Å²) >= 11 is 0. The van der Waals surface area contributed by atoms with Crippen LogP contribution in [0.3, 0.4) is 0 Å². The Morgan fingerprint density at radius 1 is 1.00 bits per heavy atom. The van der Waals surface area contributed by atoms with Crippen molar-refractivity contribution >= 4 is 17.9 Å². The van der Waals surface area contributed by atoms with E-state index in [9.17, 15) is 14.4 Å². The molecule has 6 heteroatoms. The molecule has 0 spiro atoms. The molecule has 0 bridgehead atoms. The highest BCUT2D eigenvalue weighted by molar-refractivity contribution is 6.18. The Morgan fingerprint density at radius 2 is 1.50 bits per heavy atom. The molecule has 0 aliphatic carbocycles. The average molecular weight is 308 g/mol. The van der Waals surface area contributed by atoms with E-state index < -0.39 is 29.2 Å². The van der Waals surface area contributed by atoms with Crippen molar-refractivity contribution < 1.29 is 28.6 Å². The van der Waals surface area contributed by atoms with Gasteiger partial charge in [0.05, 0.1) is 20.8 Å². The molecule has 6 nitrogen and oxygen atoms in total. The van der Waals surface area contributed by atoms with Gasteiger partial charge in [-0.1, -0.05) is 37.3 Å². The lowest BCUT2D eigenvalue weighted by Crippen LogP contribution is -2.52. The summed E-state index contributed by atoms with van der Waals surface area (Å²) in [6.07, 6.45) is 0. The summed E-state index contributed by atoms with van der Waals surface area (Å²) in [6.45, 7) is 3.20. The van der Waals surface area contributed by atoms with E-state index in [1.54, 1.807) is 44.2 Å². The molecule has 22 heavy (non-hydrogen) atoms. The van der Waals surface area contributed by atoms with Crippen LogP contribution in [0.25, 0.3) is 0 Å². The predicted molar refractivity (Wildman–Crippen MR) is 78.0 cm³/mol. The van der Waals surface area contributed by atoms with Crippen molar-refractivity contribution in [1.82, 2.24) is 0 Å². The molecule has 0 fully saturated rings. The van der Waals surface area contributed by atoms with Crippen LogP contribution < -0.4 is 0 Å². The van der Waals surface area contributed by atoms with Crippen LogP contribution >= 0.6 is 0 Å². The van der Waals surface area contributed by atoms with Crippen molar-refractivity contribution in [2.24, 2.45) is 5.41 Å². The molecule has 1 atom stereocenters. The van der Waals surface area contributed by atoms with Crippen molar-refractivity contribution in [3.63, 3.8) is 0 Å². The summed E-state index contributed by atoms with van der Waals surface area (Å²) in [6, 6.07) is 8.71. The number of hydrogen-bond donors (Lipinski definition) is 0. The van der Waals surface area contributed by atoms with Crippen LogP contribution in [0, 0.1) is 5.41 Å². The minimum Gasteiger partial charge on any atom is -0.468 e. The molecule has 0 aliphatic rings. The van der Waals surface area contributed by atoms with Gasteiger partial charge in [0, 0.05) is 5.92 Å². The highest BCUT2D eigenvalue weighted by atomic mass is 16.6. The molecule has 0 heterocycles. The first-order valence-corrected chi connectivity index (χ1v) is 6.85. The Labute approximate surface area is 129 Å². The Bertz CT molecular complexity index is 521. The fourth-order valence-corrected chi connectivity index (χ4v) is 2.34. The maximum Gasteiger partial charge on any atom is 0.335 e. The first-order chi connectivity index (χ1) is 10.5. The number of carbonyl (C=O) groups excluding carboxylic acids is 3. The van der Waals surface area contributed by atoms with Crippen molar-refractivity contribution in [3.8, 4) is 0 Å². The van der Waals surface area contributed by atoms with Gasteiger partial charge in [-0.2, -0.15) is 0 Å². The van der Waals surface area contributed by atoms with E-state index in [2.05, 4.69) is 0 Å². The minimum atomic E-state index is -2.19. The molecule has 0 aliphatic heterocycles. The summed E-state index contributed by atoms with van der Waals surface area (Å²) in [5, 5.41) is 0. The Balaban J connectivity index is 3.51. The summed E-state index contributed by atoms with van der Waals surface area (Å²) in [5.41, 5.74) is -1.58. The summed E-state index contributed by atoms with van der Waals surface area (Å²) in [5.74, 6) is -3.80. The van der Waals surface area contributed by atoms with E-state index in [0.717, 1.165) is 14.2 Å². The standard InChI is InChI=1S/C16H20O6/c1-5-22-15(19)16(13(17)20-3,14(18)21-4)11(2)12-9-7-6-8-10-12/h6-11H,5H2,1-4H3/t11-/m1/s1. The van der Waals surface area contributed by atoms with Crippen LogP contribution in [0.15, 0.2) is 30.3 Å². The predicted octanol–water partition coefficient (Wildman–Crippen LogP) is 1.69. The van der Waals surface area contributed by atoms with Gasteiger partial charge in [-0.15, -0.1) is 0 Å². The number of hydrogen-bond acceptors (Lipinski definition) is 6. The second kappa shape index (κ2) is 7.59. The smallest absolute Gasteiger partial charge is 0.335 e. The van der Waals surface area contributed by atoms with Crippen LogP contribution in [0.2, 0.25) is 0 Å². The molecule has 0 aromatic heterocycles. The molecule has 0 amide bonds. The van der Waals surface area contributed by atoms with Crippen LogP contribution in [-0.4, -0.2) is 38.7 Å². The lowest BCUT2D eigenvalue weighted by atomic mass is 9.72. The van der Waals surface area contributed by atoms with Gasteiger partial charge in [0.1, 0.15) is 0 Å². The molecular weight excluding hydrogens is 288 g/mol. The van der Waals surface area contributed by atoms with E-state index in [-0.39, 0.29) is 6.61 Å². The number of carbonyl (C=O) groups is 3. The Kier molecular flexibility index (Phi) is 6.10. The molecule has 1 aromatic carbocycles. The van der Waals surface area contributed by atoms with E-state index in [1.807, 2.05) is 0 Å². The van der Waals surface area contributed by atoms with Gasteiger partial charge in [-0.25, -0.2) is 0 Å². The molecule has 1 rings (SSSR count). The third kappa shape index (κ3) is 2.95. The van der Waals surface area contributed by atoms with Crippen molar-refractivity contribution in [1.29, 1.82) is 0 Å². The largest absolute Gasteiger partial charge is 0.468 e. The van der Waals surface area contributed by atoms with E-state index in [1.165, 1.54) is 0 Å². The zero-order valence-corrected chi connectivity index (χ0v) is 13.1. The number of esters is 3. The van der Waals surface area contributed by atoms with E-state index >= 15 is 0 Å². The zero-order valence-electron chi connectivity index (χ0n) is 13.1. The normalized spacial score (nSPS) is 12.2. The van der Waals surface area contributed by atoms with Crippen molar-refractivity contribution in [2.45, 2.75) is 19.8 Å². The van der Waals surface area contributed by atoms with Gasteiger partial charge in [0.25, 0.3) is 5.41 Å². The lowest BCUT2D eigenvalue weighted by Gasteiger charge is -2.31. The topological polar surface area (TPSA) is 78.9 Å². The van der Waals surface area contributed by atoms with Crippen molar-refractivity contribution in [2.75, 3.05) is 20.8 Å². The van der Waals surface area contributed by atoms with Crippen LogP contribution in [-0.2, 0) is 28.6 Å². The second-order valence-electron chi connectivity index (χ2n) is 4.64. The Hall–Kier alpha value is -2.37. The van der Waals surface area contributed by atoms with Gasteiger partial charge >= 0.3 is 17.9 Å². The van der Waals surface area contributed by atoms with Gasteiger partial charge in [-0.05, 0) is 12.5 Å². The average Bonchev–Trinajstić information content (AvgIpc) is 2.55. The van der Waals surface area contributed by atoms with Gasteiger partial charge in [0.2, 0.25) is 0 Å². The molecule has 0 saturated heterocycles. The zero-order chi connectivity index (χ0) is 16.8. The van der Waals surface area contributed by atoms with Crippen LogP contribution in [0.4, 0.5) is 0 Å². The van der Waals surface area contributed by atoms with Gasteiger partial charge < -0.3 is 14.2 Å². The third-order valence-electron chi connectivity index (χ3n) is 3.56.